The highest BCUT2D eigenvalue weighted by Gasteiger charge is 1.99. The Morgan fingerprint density at radius 2 is 2.26 bits per heavy atom. The Labute approximate surface area is 113 Å². The van der Waals surface area contributed by atoms with Gasteiger partial charge in [-0.25, -0.2) is 0 Å². The minimum absolute atomic E-state index is 0.877. The number of benzene rings is 1. The number of hydrogen-bond donors (Lipinski definition) is 1. The van der Waals surface area contributed by atoms with E-state index in [9.17, 15) is 0 Å². The molecule has 0 aliphatic rings. The number of hydrogen-bond acceptors (Lipinski definition) is 4. The predicted octanol–water partition coefficient (Wildman–Crippen LogP) is 1.78. The Kier molecular flexibility index (Phi) is 4.92. The smallest absolute Gasteiger partial charge is 0.121 e. The van der Waals surface area contributed by atoms with Gasteiger partial charge in [-0.05, 0) is 37.1 Å². The third kappa shape index (κ3) is 4.06. The zero-order chi connectivity index (χ0) is 13.5. The molecular formula is C14H20N4O. The number of rotatable bonds is 7. The number of aromatic nitrogens is 3. The summed E-state index contributed by atoms with van der Waals surface area (Å²) in [4.78, 5) is 0. The van der Waals surface area contributed by atoms with Crippen LogP contribution in [0.3, 0.4) is 0 Å². The molecule has 102 valence electrons. The average Bonchev–Trinajstić information content (AvgIpc) is 2.92. The summed E-state index contributed by atoms with van der Waals surface area (Å²) in [6.45, 7) is 4.80. The van der Waals surface area contributed by atoms with Gasteiger partial charge in [-0.3, -0.25) is 4.68 Å². The van der Waals surface area contributed by atoms with Crippen LogP contribution in [0, 0.1) is 6.92 Å². The Hall–Kier alpha value is -1.88. The molecule has 0 spiro atoms. The van der Waals surface area contributed by atoms with Crippen molar-refractivity contribution in [3.8, 4) is 5.75 Å². The first kappa shape index (κ1) is 13.5. The second-order valence-corrected chi connectivity index (χ2v) is 4.50. The van der Waals surface area contributed by atoms with Crippen molar-refractivity contribution in [2.24, 2.45) is 0 Å². The highest BCUT2D eigenvalue weighted by molar-refractivity contribution is 5.36. The average molecular weight is 260 g/mol. The quantitative estimate of drug-likeness (QED) is 0.771. The van der Waals surface area contributed by atoms with Crippen molar-refractivity contribution >= 4 is 0 Å². The van der Waals surface area contributed by atoms with Crippen molar-refractivity contribution in [1.82, 2.24) is 20.3 Å². The first-order chi connectivity index (χ1) is 9.29. The van der Waals surface area contributed by atoms with Crippen LogP contribution in [0.2, 0.25) is 0 Å². The molecule has 1 N–H and O–H groups in total. The van der Waals surface area contributed by atoms with Crippen molar-refractivity contribution in [3.05, 3.63) is 41.7 Å². The molecule has 0 bridgehead atoms. The van der Waals surface area contributed by atoms with E-state index in [2.05, 4.69) is 34.7 Å². The maximum atomic E-state index is 5.25. The number of methoxy groups -OCH3 is 1. The molecule has 19 heavy (non-hydrogen) atoms. The molecule has 5 heteroatoms. The summed E-state index contributed by atoms with van der Waals surface area (Å²) >= 11 is 0. The maximum absolute atomic E-state index is 5.25. The van der Waals surface area contributed by atoms with Crippen LogP contribution in [0.25, 0.3) is 0 Å². The van der Waals surface area contributed by atoms with Gasteiger partial charge in [0.15, 0.2) is 0 Å². The molecule has 0 aliphatic carbocycles. The summed E-state index contributed by atoms with van der Waals surface area (Å²) in [5, 5.41) is 11.1. The van der Waals surface area contributed by atoms with Gasteiger partial charge >= 0.3 is 0 Å². The van der Waals surface area contributed by atoms with Crippen molar-refractivity contribution in [2.45, 2.75) is 26.4 Å². The zero-order valence-electron chi connectivity index (χ0n) is 11.5. The largest absolute Gasteiger partial charge is 0.496 e. The summed E-state index contributed by atoms with van der Waals surface area (Å²) in [6, 6.07) is 6.27. The van der Waals surface area contributed by atoms with E-state index in [-0.39, 0.29) is 0 Å². The third-order valence-electron chi connectivity index (χ3n) is 3.00. The summed E-state index contributed by atoms with van der Waals surface area (Å²) in [6.07, 6.45) is 4.62. The lowest BCUT2D eigenvalue weighted by Crippen LogP contribution is -2.16. The third-order valence-corrected chi connectivity index (χ3v) is 3.00. The van der Waals surface area contributed by atoms with Gasteiger partial charge in [0, 0.05) is 19.3 Å². The van der Waals surface area contributed by atoms with E-state index >= 15 is 0 Å². The molecule has 0 aliphatic heterocycles. The van der Waals surface area contributed by atoms with Gasteiger partial charge in [-0.2, -0.15) is 0 Å². The lowest BCUT2D eigenvalue weighted by molar-refractivity contribution is 0.411. The lowest BCUT2D eigenvalue weighted by Gasteiger charge is -2.08. The molecule has 0 saturated carbocycles. The maximum Gasteiger partial charge on any atom is 0.121 e. The highest BCUT2D eigenvalue weighted by atomic mass is 16.5. The van der Waals surface area contributed by atoms with Gasteiger partial charge in [0.2, 0.25) is 0 Å². The SMILES string of the molecule is COc1ccc(CNCCCn2ccnn2)cc1C. The summed E-state index contributed by atoms with van der Waals surface area (Å²) in [5.41, 5.74) is 2.45. The van der Waals surface area contributed by atoms with E-state index in [1.54, 1.807) is 13.3 Å². The van der Waals surface area contributed by atoms with Crippen molar-refractivity contribution in [2.75, 3.05) is 13.7 Å². The van der Waals surface area contributed by atoms with Gasteiger partial charge in [-0.1, -0.05) is 17.3 Å². The van der Waals surface area contributed by atoms with Gasteiger partial charge in [0.05, 0.1) is 13.3 Å². The van der Waals surface area contributed by atoms with Gasteiger partial charge in [0.1, 0.15) is 5.75 Å². The fourth-order valence-corrected chi connectivity index (χ4v) is 2.00. The Balaban J connectivity index is 1.69. The second-order valence-electron chi connectivity index (χ2n) is 4.50. The van der Waals surface area contributed by atoms with Gasteiger partial charge in [0.25, 0.3) is 0 Å². The molecule has 2 rings (SSSR count). The molecular weight excluding hydrogens is 240 g/mol. The van der Waals surface area contributed by atoms with E-state index in [4.69, 9.17) is 4.74 Å². The Bertz CT molecular complexity index is 496. The molecule has 0 fully saturated rings. The number of aryl methyl sites for hydroxylation is 2. The Morgan fingerprint density at radius 3 is 2.95 bits per heavy atom. The molecule has 1 aromatic carbocycles. The monoisotopic (exact) mass is 260 g/mol. The van der Waals surface area contributed by atoms with Crippen LogP contribution in [-0.4, -0.2) is 28.6 Å². The molecule has 1 heterocycles. The standard InChI is InChI=1S/C14H20N4O/c1-12-10-13(4-5-14(12)19-2)11-15-6-3-8-18-9-7-16-17-18/h4-5,7,9-10,15H,3,6,8,11H2,1-2H3. The van der Waals surface area contributed by atoms with E-state index in [1.165, 1.54) is 11.1 Å². The minimum Gasteiger partial charge on any atom is -0.496 e. The summed E-state index contributed by atoms with van der Waals surface area (Å²) < 4.78 is 7.09. The second kappa shape index (κ2) is 6.89. The molecule has 0 radical (unpaired) electrons. The van der Waals surface area contributed by atoms with Crippen LogP contribution in [0.1, 0.15) is 17.5 Å². The van der Waals surface area contributed by atoms with Crippen LogP contribution in [0.15, 0.2) is 30.6 Å². The van der Waals surface area contributed by atoms with Crippen LogP contribution in [0.4, 0.5) is 0 Å². The van der Waals surface area contributed by atoms with Crippen molar-refractivity contribution in [3.63, 3.8) is 0 Å². The molecule has 0 amide bonds. The normalized spacial score (nSPS) is 10.6. The molecule has 0 saturated heterocycles. The summed E-state index contributed by atoms with van der Waals surface area (Å²) in [7, 11) is 1.70. The van der Waals surface area contributed by atoms with Crippen LogP contribution >= 0.6 is 0 Å². The number of nitrogens with one attached hydrogen (secondary N) is 1. The van der Waals surface area contributed by atoms with E-state index in [0.29, 0.717) is 0 Å². The van der Waals surface area contributed by atoms with Gasteiger partial charge in [-0.15, -0.1) is 5.10 Å². The van der Waals surface area contributed by atoms with Crippen LogP contribution in [0.5, 0.6) is 5.75 Å². The highest BCUT2D eigenvalue weighted by Crippen LogP contribution is 2.18. The molecule has 1 aromatic heterocycles. The molecule has 5 nitrogen and oxygen atoms in total. The Morgan fingerprint density at radius 1 is 1.37 bits per heavy atom. The molecule has 0 unspecified atom stereocenters. The van der Waals surface area contributed by atoms with Crippen molar-refractivity contribution in [1.29, 1.82) is 0 Å². The lowest BCUT2D eigenvalue weighted by atomic mass is 10.1. The molecule has 0 atom stereocenters. The molecule has 2 aromatic rings. The topological polar surface area (TPSA) is 52.0 Å². The van der Waals surface area contributed by atoms with Crippen LogP contribution in [-0.2, 0) is 13.1 Å². The predicted molar refractivity (Wildman–Crippen MR) is 74.1 cm³/mol. The van der Waals surface area contributed by atoms with Gasteiger partial charge < -0.3 is 10.1 Å². The summed E-state index contributed by atoms with van der Waals surface area (Å²) in [5.74, 6) is 0.940. The van der Waals surface area contributed by atoms with E-state index < -0.39 is 0 Å². The van der Waals surface area contributed by atoms with E-state index in [1.807, 2.05) is 16.9 Å². The number of nitrogens with zero attached hydrogens (tertiary/aromatic N) is 3. The first-order valence-electron chi connectivity index (χ1n) is 6.48. The zero-order valence-corrected chi connectivity index (χ0v) is 11.5. The van der Waals surface area contributed by atoms with Crippen LogP contribution < -0.4 is 10.1 Å². The number of ether oxygens (including phenoxy) is 1. The minimum atomic E-state index is 0.877. The van der Waals surface area contributed by atoms with E-state index in [0.717, 1.165) is 31.8 Å². The first-order valence-corrected chi connectivity index (χ1v) is 6.48. The fourth-order valence-electron chi connectivity index (χ4n) is 2.00. The van der Waals surface area contributed by atoms with Crippen molar-refractivity contribution < 1.29 is 4.74 Å². The fraction of sp³-hybridized carbons (Fsp3) is 0.429.